The summed E-state index contributed by atoms with van der Waals surface area (Å²) < 4.78 is 0. The number of benzene rings is 1. The molecule has 20 heavy (non-hydrogen) atoms. The molecule has 1 saturated heterocycles. The molecule has 3 rings (SSSR count). The van der Waals surface area contributed by atoms with E-state index in [1.54, 1.807) is 0 Å². The van der Waals surface area contributed by atoms with Crippen molar-refractivity contribution < 1.29 is 0 Å². The van der Waals surface area contributed by atoms with Gasteiger partial charge in [0.15, 0.2) is 5.82 Å². The molecule has 1 atom stereocenters. The highest BCUT2D eigenvalue weighted by Gasteiger charge is 2.20. The molecule has 1 fully saturated rings. The van der Waals surface area contributed by atoms with Gasteiger partial charge in [-0.05, 0) is 37.8 Å². The maximum absolute atomic E-state index is 6.02. The van der Waals surface area contributed by atoms with Gasteiger partial charge in [0.05, 0.1) is 0 Å². The van der Waals surface area contributed by atoms with Crippen molar-refractivity contribution in [2.75, 3.05) is 18.0 Å². The average molecular weight is 271 g/mol. The Kier molecular flexibility index (Phi) is 3.44. The molecule has 1 aromatic carbocycles. The first-order valence-corrected chi connectivity index (χ1v) is 7.14. The van der Waals surface area contributed by atoms with E-state index < -0.39 is 0 Å². The Bertz CT molecular complexity index is 604. The first-order valence-electron chi connectivity index (χ1n) is 7.14. The van der Waals surface area contributed by atoms with Crippen LogP contribution in [0.1, 0.15) is 24.0 Å². The fraction of sp³-hybridized carbons (Fsp3) is 0.467. The van der Waals surface area contributed by atoms with E-state index in [0.29, 0.717) is 0 Å². The fourth-order valence-corrected chi connectivity index (χ4v) is 2.71. The summed E-state index contributed by atoms with van der Waals surface area (Å²) in [6, 6.07) is 6.47. The van der Waals surface area contributed by atoms with Gasteiger partial charge in [-0.3, -0.25) is 5.10 Å². The van der Waals surface area contributed by atoms with Gasteiger partial charge < -0.3 is 10.6 Å². The highest BCUT2D eigenvalue weighted by Crippen LogP contribution is 2.24. The summed E-state index contributed by atoms with van der Waals surface area (Å²) >= 11 is 0. The van der Waals surface area contributed by atoms with Crippen molar-refractivity contribution in [3.63, 3.8) is 0 Å². The molecule has 0 saturated carbocycles. The topological polar surface area (TPSA) is 70.8 Å². The zero-order chi connectivity index (χ0) is 14.1. The molecule has 106 valence electrons. The van der Waals surface area contributed by atoms with Crippen LogP contribution in [0.15, 0.2) is 18.2 Å². The van der Waals surface area contributed by atoms with E-state index in [9.17, 15) is 0 Å². The van der Waals surface area contributed by atoms with Gasteiger partial charge in [0.2, 0.25) is 5.95 Å². The molecule has 3 N–H and O–H groups in total. The molecule has 5 nitrogen and oxygen atoms in total. The number of hydrogen-bond acceptors (Lipinski definition) is 4. The van der Waals surface area contributed by atoms with Gasteiger partial charge >= 0.3 is 0 Å². The van der Waals surface area contributed by atoms with Crippen molar-refractivity contribution in [2.24, 2.45) is 5.73 Å². The summed E-state index contributed by atoms with van der Waals surface area (Å²) in [7, 11) is 0. The Hall–Kier alpha value is -1.88. The van der Waals surface area contributed by atoms with Crippen molar-refractivity contribution in [1.82, 2.24) is 15.2 Å². The Morgan fingerprint density at radius 1 is 1.35 bits per heavy atom. The molecule has 0 bridgehead atoms. The van der Waals surface area contributed by atoms with Crippen LogP contribution in [0, 0.1) is 13.8 Å². The maximum atomic E-state index is 6.02. The van der Waals surface area contributed by atoms with Crippen molar-refractivity contribution in [1.29, 1.82) is 0 Å². The van der Waals surface area contributed by atoms with Gasteiger partial charge in [-0.25, -0.2) is 0 Å². The van der Waals surface area contributed by atoms with Crippen LogP contribution < -0.4 is 10.6 Å². The van der Waals surface area contributed by atoms with Gasteiger partial charge in [-0.1, -0.05) is 18.2 Å². The number of hydrogen-bond donors (Lipinski definition) is 2. The number of aryl methyl sites for hydroxylation is 1. The molecule has 5 heteroatoms. The number of aromatic amines is 1. The summed E-state index contributed by atoms with van der Waals surface area (Å²) in [5.41, 5.74) is 9.64. The zero-order valence-electron chi connectivity index (χ0n) is 12.1. The third-order valence-electron chi connectivity index (χ3n) is 4.07. The number of piperidine rings is 1. The van der Waals surface area contributed by atoms with Gasteiger partial charge in [0.1, 0.15) is 0 Å². The van der Waals surface area contributed by atoms with Crippen LogP contribution in [-0.4, -0.2) is 34.3 Å². The summed E-state index contributed by atoms with van der Waals surface area (Å²) in [6.07, 6.45) is 2.19. The number of nitrogens with zero attached hydrogens (tertiary/aromatic N) is 3. The van der Waals surface area contributed by atoms with Crippen LogP contribution in [0.5, 0.6) is 0 Å². The standard InChI is InChI=1S/C15H21N5/c1-10-5-3-7-13(11(10)2)14-17-15(19-18-14)20-8-4-6-12(16)9-20/h3,5,7,12H,4,6,8-9,16H2,1-2H3,(H,17,18,19). The van der Waals surface area contributed by atoms with Gasteiger partial charge in [0, 0.05) is 24.7 Å². The molecule has 1 aliphatic rings. The number of anilines is 1. The molecule has 0 spiro atoms. The lowest BCUT2D eigenvalue weighted by Crippen LogP contribution is -2.43. The lowest BCUT2D eigenvalue weighted by Gasteiger charge is -2.29. The predicted octanol–water partition coefficient (Wildman–Crippen LogP) is 2.02. The normalized spacial score (nSPS) is 19.4. The van der Waals surface area contributed by atoms with Crippen LogP contribution in [0.2, 0.25) is 0 Å². The van der Waals surface area contributed by atoms with Gasteiger partial charge in [0.25, 0.3) is 0 Å². The van der Waals surface area contributed by atoms with Crippen molar-refractivity contribution in [3.05, 3.63) is 29.3 Å². The largest absolute Gasteiger partial charge is 0.338 e. The van der Waals surface area contributed by atoms with E-state index >= 15 is 0 Å². The van der Waals surface area contributed by atoms with Crippen LogP contribution in [-0.2, 0) is 0 Å². The summed E-state index contributed by atoms with van der Waals surface area (Å²) in [5.74, 6) is 1.59. The average Bonchev–Trinajstić information content (AvgIpc) is 2.91. The molecular weight excluding hydrogens is 250 g/mol. The Morgan fingerprint density at radius 2 is 2.20 bits per heavy atom. The number of nitrogens with one attached hydrogen (secondary N) is 1. The molecule has 2 aromatic rings. The lowest BCUT2D eigenvalue weighted by atomic mass is 10.0. The Labute approximate surface area is 119 Å². The minimum Gasteiger partial charge on any atom is -0.338 e. The summed E-state index contributed by atoms with van der Waals surface area (Å²) in [4.78, 5) is 6.81. The van der Waals surface area contributed by atoms with E-state index in [1.165, 1.54) is 11.1 Å². The van der Waals surface area contributed by atoms with Crippen LogP contribution in [0.4, 0.5) is 5.95 Å². The molecule has 1 aromatic heterocycles. The van der Waals surface area contributed by atoms with Crippen molar-refractivity contribution in [2.45, 2.75) is 32.7 Å². The molecule has 1 aliphatic heterocycles. The van der Waals surface area contributed by atoms with Crippen molar-refractivity contribution >= 4 is 5.95 Å². The number of H-pyrrole nitrogens is 1. The van der Waals surface area contributed by atoms with Crippen molar-refractivity contribution in [3.8, 4) is 11.4 Å². The minimum atomic E-state index is 0.228. The van der Waals surface area contributed by atoms with Gasteiger partial charge in [-0.15, -0.1) is 5.10 Å². The first-order chi connectivity index (χ1) is 9.65. The number of nitrogens with two attached hydrogens (primary N) is 1. The second-order valence-electron chi connectivity index (χ2n) is 5.58. The van der Waals surface area contributed by atoms with E-state index in [4.69, 9.17) is 5.73 Å². The minimum absolute atomic E-state index is 0.228. The fourth-order valence-electron chi connectivity index (χ4n) is 2.71. The van der Waals surface area contributed by atoms with E-state index in [-0.39, 0.29) is 6.04 Å². The number of rotatable bonds is 2. The van der Waals surface area contributed by atoms with Crippen LogP contribution >= 0.6 is 0 Å². The smallest absolute Gasteiger partial charge is 0.245 e. The monoisotopic (exact) mass is 271 g/mol. The molecular formula is C15H21N5. The highest BCUT2D eigenvalue weighted by atomic mass is 15.4. The molecule has 2 heterocycles. The Morgan fingerprint density at radius 3 is 3.00 bits per heavy atom. The second-order valence-corrected chi connectivity index (χ2v) is 5.58. The molecule has 0 amide bonds. The third-order valence-corrected chi connectivity index (χ3v) is 4.07. The quantitative estimate of drug-likeness (QED) is 0.876. The van der Waals surface area contributed by atoms with Gasteiger partial charge in [-0.2, -0.15) is 4.98 Å². The summed E-state index contributed by atoms with van der Waals surface area (Å²) in [6.45, 7) is 6.05. The SMILES string of the molecule is Cc1cccc(-c2nc(N3CCCC(N)C3)n[nH]2)c1C. The zero-order valence-corrected chi connectivity index (χ0v) is 12.1. The molecule has 0 radical (unpaired) electrons. The van der Waals surface area contributed by atoms with Crippen LogP contribution in [0.3, 0.4) is 0 Å². The second kappa shape index (κ2) is 5.25. The lowest BCUT2D eigenvalue weighted by molar-refractivity contribution is 0.500. The van der Waals surface area contributed by atoms with E-state index in [2.05, 4.69) is 52.1 Å². The molecule has 1 unspecified atom stereocenters. The predicted molar refractivity (Wildman–Crippen MR) is 80.7 cm³/mol. The first kappa shape index (κ1) is 13.1. The van der Waals surface area contributed by atoms with E-state index in [0.717, 1.165) is 43.3 Å². The van der Waals surface area contributed by atoms with Crippen LogP contribution in [0.25, 0.3) is 11.4 Å². The molecule has 0 aliphatic carbocycles. The maximum Gasteiger partial charge on any atom is 0.245 e. The highest BCUT2D eigenvalue weighted by molar-refractivity contribution is 5.62. The Balaban J connectivity index is 1.88. The summed E-state index contributed by atoms with van der Waals surface area (Å²) in [5, 5.41) is 7.41. The number of aromatic nitrogens is 3. The van der Waals surface area contributed by atoms with E-state index in [1.807, 2.05) is 0 Å². The third kappa shape index (κ3) is 2.41.